The first-order valence-electron chi connectivity index (χ1n) is 6.55. The summed E-state index contributed by atoms with van der Waals surface area (Å²) in [7, 11) is 0. The third-order valence-electron chi connectivity index (χ3n) is 3.61. The van der Waals surface area contributed by atoms with Crippen molar-refractivity contribution in [1.82, 2.24) is 0 Å². The average Bonchev–Trinajstić information content (AvgIpc) is 2.42. The molecule has 0 aliphatic rings. The summed E-state index contributed by atoms with van der Waals surface area (Å²) in [5.41, 5.74) is 5.42. The molecule has 2 aromatic rings. The van der Waals surface area contributed by atoms with Gasteiger partial charge in [-0.25, -0.2) is 0 Å². The van der Waals surface area contributed by atoms with Crippen LogP contribution >= 0.6 is 0 Å². The monoisotopic (exact) mass is 252 g/mol. The molecule has 19 heavy (non-hydrogen) atoms. The van der Waals surface area contributed by atoms with Gasteiger partial charge in [-0.15, -0.1) is 0 Å². The van der Waals surface area contributed by atoms with Crippen molar-refractivity contribution in [3.8, 4) is 5.75 Å². The second-order valence-corrected chi connectivity index (χ2v) is 5.11. The van der Waals surface area contributed by atoms with Crippen molar-refractivity contribution in [2.75, 3.05) is 0 Å². The smallest absolute Gasteiger partial charge is 0.122 e. The van der Waals surface area contributed by atoms with E-state index in [0.717, 1.165) is 16.7 Å². The lowest BCUT2D eigenvalue weighted by molar-refractivity contribution is 0.461. The molecule has 0 radical (unpaired) electrons. The molecule has 0 fully saturated rings. The van der Waals surface area contributed by atoms with Gasteiger partial charge in [-0.2, -0.15) is 0 Å². The van der Waals surface area contributed by atoms with E-state index in [0.29, 0.717) is 5.75 Å². The van der Waals surface area contributed by atoms with E-state index in [-0.39, 0.29) is 5.92 Å². The summed E-state index contributed by atoms with van der Waals surface area (Å²) >= 11 is 0. The lowest BCUT2D eigenvalue weighted by Gasteiger charge is -2.16. The minimum absolute atomic E-state index is 0.178. The summed E-state index contributed by atoms with van der Waals surface area (Å²) < 4.78 is 0. The Kier molecular flexibility index (Phi) is 3.75. The molecule has 1 nitrogen and oxygen atoms in total. The highest BCUT2D eigenvalue weighted by Crippen LogP contribution is 2.34. The van der Waals surface area contributed by atoms with Crippen LogP contribution in [0.3, 0.4) is 0 Å². The van der Waals surface area contributed by atoms with Gasteiger partial charge in [0.05, 0.1) is 0 Å². The van der Waals surface area contributed by atoms with Crippen LogP contribution in [0.2, 0.25) is 0 Å². The highest BCUT2D eigenvalue weighted by atomic mass is 16.3. The summed E-state index contributed by atoms with van der Waals surface area (Å²) in [6.45, 7) is 9.89. The van der Waals surface area contributed by atoms with Gasteiger partial charge >= 0.3 is 0 Å². The zero-order chi connectivity index (χ0) is 14.0. The Bertz CT molecular complexity index is 594. The van der Waals surface area contributed by atoms with Crippen LogP contribution < -0.4 is 0 Å². The molecular weight excluding hydrogens is 232 g/mol. The van der Waals surface area contributed by atoms with Crippen molar-refractivity contribution >= 4 is 6.08 Å². The van der Waals surface area contributed by atoms with Crippen LogP contribution in [0.15, 0.2) is 43.0 Å². The summed E-state index contributed by atoms with van der Waals surface area (Å²) in [4.78, 5) is 0. The zero-order valence-corrected chi connectivity index (χ0v) is 11.8. The standard InChI is InChI=1S/C18H20O/c1-5-15-6-8-16(9-7-15)14(4)17-11-12(2)10-13(3)18(17)19/h5-11,14,19H,1H2,2-4H3. The summed E-state index contributed by atoms with van der Waals surface area (Å²) in [5, 5.41) is 10.2. The molecule has 1 heteroatoms. The number of phenolic OH excluding ortho intramolecular Hbond substituents is 1. The van der Waals surface area contributed by atoms with Crippen LogP contribution in [-0.2, 0) is 0 Å². The minimum Gasteiger partial charge on any atom is -0.507 e. The molecule has 2 rings (SSSR count). The first-order chi connectivity index (χ1) is 9.02. The number of rotatable bonds is 3. The Labute approximate surface area is 115 Å². The molecule has 1 atom stereocenters. The van der Waals surface area contributed by atoms with Crippen LogP contribution in [0, 0.1) is 13.8 Å². The van der Waals surface area contributed by atoms with Gasteiger partial charge < -0.3 is 5.11 Å². The van der Waals surface area contributed by atoms with Gasteiger partial charge in [0.25, 0.3) is 0 Å². The van der Waals surface area contributed by atoms with Crippen molar-refractivity contribution in [3.05, 3.63) is 70.8 Å². The fourth-order valence-electron chi connectivity index (χ4n) is 2.42. The largest absolute Gasteiger partial charge is 0.507 e. The number of hydrogen-bond acceptors (Lipinski definition) is 1. The highest BCUT2D eigenvalue weighted by Gasteiger charge is 2.14. The Morgan fingerprint density at radius 3 is 2.32 bits per heavy atom. The molecule has 0 heterocycles. The lowest BCUT2D eigenvalue weighted by Crippen LogP contribution is -1.98. The van der Waals surface area contributed by atoms with E-state index in [1.165, 1.54) is 11.1 Å². The lowest BCUT2D eigenvalue weighted by atomic mass is 9.89. The van der Waals surface area contributed by atoms with Crippen molar-refractivity contribution in [2.24, 2.45) is 0 Å². The third kappa shape index (κ3) is 2.70. The SMILES string of the molecule is C=Cc1ccc(C(C)c2cc(C)cc(C)c2O)cc1. The van der Waals surface area contributed by atoms with Gasteiger partial charge in [-0.05, 0) is 30.5 Å². The molecule has 0 aliphatic heterocycles. The maximum Gasteiger partial charge on any atom is 0.122 e. The zero-order valence-electron chi connectivity index (χ0n) is 11.8. The number of benzene rings is 2. The van der Waals surface area contributed by atoms with E-state index in [1.54, 1.807) is 0 Å². The van der Waals surface area contributed by atoms with Gasteiger partial charge in [0, 0.05) is 11.5 Å². The summed E-state index contributed by atoms with van der Waals surface area (Å²) in [5.74, 6) is 0.586. The topological polar surface area (TPSA) is 20.2 Å². The van der Waals surface area contributed by atoms with Crippen molar-refractivity contribution in [3.63, 3.8) is 0 Å². The van der Waals surface area contributed by atoms with Crippen LogP contribution in [0.5, 0.6) is 5.75 Å². The van der Waals surface area contributed by atoms with E-state index in [1.807, 2.05) is 19.1 Å². The molecule has 1 N–H and O–H groups in total. The molecule has 0 saturated heterocycles. The molecule has 0 amide bonds. The van der Waals surface area contributed by atoms with E-state index >= 15 is 0 Å². The number of aryl methyl sites for hydroxylation is 2. The second kappa shape index (κ2) is 5.31. The molecule has 0 spiro atoms. The first kappa shape index (κ1) is 13.4. The normalized spacial score (nSPS) is 12.2. The highest BCUT2D eigenvalue weighted by molar-refractivity contribution is 5.51. The van der Waals surface area contributed by atoms with Crippen LogP contribution in [-0.4, -0.2) is 5.11 Å². The molecule has 1 unspecified atom stereocenters. The predicted molar refractivity (Wildman–Crippen MR) is 81.6 cm³/mol. The Morgan fingerprint density at radius 2 is 1.74 bits per heavy atom. The Hall–Kier alpha value is -2.02. The van der Waals surface area contributed by atoms with Crippen molar-refractivity contribution in [2.45, 2.75) is 26.7 Å². The quantitative estimate of drug-likeness (QED) is 0.831. The van der Waals surface area contributed by atoms with Crippen molar-refractivity contribution < 1.29 is 5.11 Å². The fourth-order valence-corrected chi connectivity index (χ4v) is 2.42. The second-order valence-electron chi connectivity index (χ2n) is 5.11. The van der Waals surface area contributed by atoms with Crippen LogP contribution in [0.25, 0.3) is 6.08 Å². The first-order valence-corrected chi connectivity index (χ1v) is 6.55. The maximum atomic E-state index is 10.2. The van der Waals surface area contributed by atoms with Gasteiger partial charge in [0.15, 0.2) is 0 Å². The average molecular weight is 252 g/mol. The number of phenols is 1. The molecular formula is C18H20O. The molecule has 0 bridgehead atoms. The minimum atomic E-state index is 0.178. The Balaban J connectivity index is 2.43. The maximum absolute atomic E-state index is 10.2. The van der Waals surface area contributed by atoms with Crippen LogP contribution in [0.1, 0.15) is 40.7 Å². The van der Waals surface area contributed by atoms with Gasteiger partial charge in [-0.1, -0.05) is 61.5 Å². The van der Waals surface area contributed by atoms with E-state index < -0.39 is 0 Å². The molecule has 2 aromatic carbocycles. The third-order valence-corrected chi connectivity index (χ3v) is 3.61. The van der Waals surface area contributed by atoms with Gasteiger partial charge in [-0.3, -0.25) is 0 Å². The molecule has 0 saturated carbocycles. The Morgan fingerprint density at radius 1 is 1.11 bits per heavy atom. The molecule has 0 aromatic heterocycles. The van der Waals surface area contributed by atoms with Gasteiger partial charge in [0.1, 0.15) is 5.75 Å². The van der Waals surface area contributed by atoms with Crippen molar-refractivity contribution in [1.29, 1.82) is 0 Å². The molecule has 98 valence electrons. The van der Waals surface area contributed by atoms with Gasteiger partial charge in [0.2, 0.25) is 0 Å². The van der Waals surface area contributed by atoms with E-state index in [4.69, 9.17) is 0 Å². The fraction of sp³-hybridized carbons (Fsp3) is 0.222. The summed E-state index contributed by atoms with van der Waals surface area (Å²) in [6.07, 6.45) is 1.84. The van der Waals surface area contributed by atoms with E-state index in [2.05, 4.69) is 50.8 Å². The molecule has 0 aliphatic carbocycles. The van der Waals surface area contributed by atoms with Crippen LogP contribution in [0.4, 0.5) is 0 Å². The number of hydrogen-bond donors (Lipinski definition) is 1. The summed E-state index contributed by atoms with van der Waals surface area (Å²) in [6, 6.07) is 12.4. The van der Waals surface area contributed by atoms with E-state index in [9.17, 15) is 5.11 Å². The predicted octanol–water partition coefficient (Wildman–Crippen LogP) is 4.80. The number of aromatic hydroxyl groups is 1.